The van der Waals surface area contributed by atoms with Gasteiger partial charge in [0.1, 0.15) is 5.78 Å². The van der Waals surface area contributed by atoms with Crippen LogP contribution in [0.5, 0.6) is 0 Å². The molecule has 76 valence electrons. The van der Waals surface area contributed by atoms with Crippen LogP contribution in [-0.2, 0) is 14.3 Å². The Morgan fingerprint density at radius 3 is 2.46 bits per heavy atom. The van der Waals surface area contributed by atoms with Crippen molar-refractivity contribution in [1.82, 2.24) is 5.32 Å². The van der Waals surface area contributed by atoms with Crippen LogP contribution >= 0.6 is 0 Å². The number of rotatable bonds is 6. The molecule has 1 atom stereocenters. The van der Waals surface area contributed by atoms with E-state index < -0.39 is 0 Å². The van der Waals surface area contributed by atoms with Crippen molar-refractivity contribution in [3.8, 4) is 0 Å². The van der Waals surface area contributed by atoms with E-state index in [-0.39, 0.29) is 24.2 Å². The summed E-state index contributed by atoms with van der Waals surface area (Å²) in [5, 5.41) is 2.87. The molecule has 0 rings (SSSR count). The molecule has 0 heterocycles. The van der Waals surface area contributed by atoms with Crippen molar-refractivity contribution < 1.29 is 14.3 Å². The normalized spacial score (nSPS) is 12.2. The second-order valence-electron chi connectivity index (χ2n) is 2.78. The van der Waals surface area contributed by atoms with Gasteiger partial charge in [-0.15, -0.1) is 0 Å². The molecule has 0 fully saturated rings. The minimum Gasteiger partial charge on any atom is -0.469 e. The Kier molecular flexibility index (Phi) is 6.14. The number of hydrogen-bond donors (Lipinski definition) is 1. The topological polar surface area (TPSA) is 55.4 Å². The highest BCUT2D eigenvalue weighted by atomic mass is 16.5. The number of carbonyl (C=O) groups excluding carboxylic acids is 2. The molecule has 1 N–H and O–H groups in total. The van der Waals surface area contributed by atoms with E-state index in [4.69, 9.17) is 0 Å². The molecule has 1 unspecified atom stereocenters. The lowest BCUT2D eigenvalue weighted by Crippen LogP contribution is -2.34. The zero-order valence-electron chi connectivity index (χ0n) is 8.42. The molecule has 0 radical (unpaired) electrons. The van der Waals surface area contributed by atoms with E-state index in [2.05, 4.69) is 10.1 Å². The molecule has 0 saturated heterocycles. The van der Waals surface area contributed by atoms with Gasteiger partial charge in [0, 0.05) is 12.8 Å². The Hall–Kier alpha value is -0.900. The molecule has 4 nitrogen and oxygen atoms in total. The van der Waals surface area contributed by atoms with Crippen molar-refractivity contribution in [2.75, 3.05) is 14.2 Å². The summed E-state index contributed by atoms with van der Waals surface area (Å²) in [5.74, 6) is -0.143. The van der Waals surface area contributed by atoms with E-state index in [0.29, 0.717) is 12.8 Å². The second kappa shape index (κ2) is 6.60. The van der Waals surface area contributed by atoms with E-state index in [1.54, 1.807) is 7.05 Å². The fourth-order valence-corrected chi connectivity index (χ4v) is 1.08. The maximum absolute atomic E-state index is 11.2. The summed E-state index contributed by atoms with van der Waals surface area (Å²) >= 11 is 0. The van der Waals surface area contributed by atoms with E-state index in [0.717, 1.165) is 0 Å². The second-order valence-corrected chi connectivity index (χ2v) is 2.78. The summed E-state index contributed by atoms with van der Waals surface area (Å²) in [7, 11) is 3.06. The third-order valence-electron chi connectivity index (χ3n) is 1.95. The predicted octanol–water partition coefficient (Wildman–Crippen LogP) is 0.507. The first kappa shape index (κ1) is 12.1. The van der Waals surface area contributed by atoms with Crippen LogP contribution in [0.3, 0.4) is 0 Å². The van der Waals surface area contributed by atoms with E-state index in [1.807, 2.05) is 6.92 Å². The van der Waals surface area contributed by atoms with Crippen LogP contribution in [0.1, 0.15) is 26.2 Å². The smallest absolute Gasteiger partial charge is 0.305 e. The molecule has 0 aliphatic rings. The average Bonchev–Trinajstić information content (AvgIpc) is 2.17. The van der Waals surface area contributed by atoms with Gasteiger partial charge in [0.2, 0.25) is 0 Å². The quantitative estimate of drug-likeness (QED) is 0.615. The Balaban J connectivity index is 3.85. The minimum absolute atomic E-state index is 0.131. The van der Waals surface area contributed by atoms with Crippen molar-refractivity contribution in [2.45, 2.75) is 32.2 Å². The SMILES string of the molecule is CCC(=O)C(CCC(=O)OC)NC. The van der Waals surface area contributed by atoms with Gasteiger partial charge in [0.15, 0.2) is 0 Å². The maximum atomic E-state index is 11.2. The molecule has 0 aliphatic carbocycles. The van der Waals surface area contributed by atoms with Crippen LogP contribution in [0.15, 0.2) is 0 Å². The third-order valence-corrected chi connectivity index (χ3v) is 1.95. The van der Waals surface area contributed by atoms with Gasteiger partial charge < -0.3 is 10.1 Å². The lowest BCUT2D eigenvalue weighted by molar-refractivity contribution is -0.140. The van der Waals surface area contributed by atoms with Gasteiger partial charge in [0.05, 0.1) is 13.2 Å². The van der Waals surface area contributed by atoms with Crippen molar-refractivity contribution in [2.24, 2.45) is 0 Å². The van der Waals surface area contributed by atoms with Crippen LogP contribution in [-0.4, -0.2) is 32.0 Å². The first-order valence-corrected chi connectivity index (χ1v) is 4.42. The van der Waals surface area contributed by atoms with Crippen LogP contribution < -0.4 is 5.32 Å². The Morgan fingerprint density at radius 1 is 1.46 bits per heavy atom. The van der Waals surface area contributed by atoms with Crippen molar-refractivity contribution in [1.29, 1.82) is 0 Å². The standard InChI is InChI=1S/C9H17NO3/c1-4-8(11)7(10-2)5-6-9(12)13-3/h7,10H,4-6H2,1-3H3. The Morgan fingerprint density at radius 2 is 2.08 bits per heavy atom. The average molecular weight is 187 g/mol. The zero-order valence-corrected chi connectivity index (χ0v) is 8.42. The fourth-order valence-electron chi connectivity index (χ4n) is 1.08. The maximum Gasteiger partial charge on any atom is 0.305 e. The number of carbonyl (C=O) groups is 2. The van der Waals surface area contributed by atoms with E-state index in [1.165, 1.54) is 7.11 Å². The van der Waals surface area contributed by atoms with Crippen LogP contribution in [0.2, 0.25) is 0 Å². The number of ketones is 1. The number of Topliss-reactive ketones (excluding diaryl/α,β-unsaturated/α-hetero) is 1. The fraction of sp³-hybridized carbons (Fsp3) is 0.778. The summed E-state index contributed by atoms with van der Waals surface area (Å²) in [6, 6.07) is -0.218. The van der Waals surface area contributed by atoms with Gasteiger partial charge in [-0.05, 0) is 13.5 Å². The molecular weight excluding hydrogens is 170 g/mol. The van der Waals surface area contributed by atoms with Crippen LogP contribution in [0.25, 0.3) is 0 Å². The lowest BCUT2D eigenvalue weighted by atomic mass is 10.1. The molecular formula is C9H17NO3. The van der Waals surface area contributed by atoms with Gasteiger partial charge >= 0.3 is 5.97 Å². The minimum atomic E-state index is -0.274. The molecule has 0 saturated carbocycles. The highest BCUT2D eigenvalue weighted by molar-refractivity contribution is 5.84. The van der Waals surface area contributed by atoms with Crippen LogP contribution in [0, 0.1) is 0 Å². The first-order valence-electron chi connectivity index (χ1n) is 4.42. The molecule has 0 amide bonds. The molecule has 0 aromatic heterocycles. The number of methoxy groups -OCH3 is 1. The van der Waals surface area contributed by atoms with Gasteiger partial charge in [-0.3, -0.25) is 9.59 Å². The highest BCUT2D eigenvalue weighted by Crippen LogP contribution is 2.01. The molecule has 0 aromatic rings. The van der Waals surface area contributed by atoms with Gasteiger partial charge in [0.25, 0.3) is 0 Å². The number of ether oxygens (including phenoxy) is 1. The summed E-state index contributed by atoms with van der Waals surface area (Å²) in [6.45, 7) is 1.81. The summed E-state index contributed by atoms with van der Waals surface area (Å²) in [5.41, 5.74) is 0. The monoisotopic (exact) mass is 187 g/mol. The molecule has 13 heavy (non-hydrogen) atoms. The molecule has 0 aromatic carbocycles. The van der Waals surface area contributed by atoms with Crippen LogP contribution in [0.4, 0.5) is 0 Å². The Bertz CT molecular complexity index is 180. The third kappa shape index (κ3) is 4.62. The summed E-state index contributed by atoms with van der Waals surface area (Å²) < 4.78 is 4.48. The molecule has 4 heteroatoms. The van der Waals surface area contributed by atoms with E-state index in [9.17, 15) is 9.59 Å². The largest absolute Gasteiger partial charge is 0.469 e. The number of nitrogens with one attached hydrogen (secondary N) is 1. The van der Waals surface area contributed by atoms with E-state index >= 15 is 0 Å². The predicted molar refractivity (Wildman–Crippen MR) is 49.4 cm³/mol. The van der Waals surface area contributed by atoms with Crippen molar-refractivity contribution >= 4 is 11.8 Å². The zero-order chi connectivity index (χ0) is 10.3. The van der Waals surface area contributed by atoms with Gasteiger partial charge in [-0.2, -0.15) is 0 Å². The number of likely N-dealkylation sites (N-methyl/N-ethyl adjacent to an activating group) is 1. The van der Waals surface area contributed by atoms with Crippen molar-refractivity contribution in [3.05, 3.63) is 0 Å². The number of esters is 1. The highest BCUT2D eigenvalue weighted by Gasteiger charge is 2.15. The molecule has 0 aliphatic heterocycles. The molecule has 0 spiro atoms. The number of hydrogen-bond acceptors (Lipinski definition) is 4. The summed E-state index contributed by atoms with van der Waals surface area (Å²) in [6.07, 6.45) is 1.29. The van der Waals surface area contributed by atoms with Gasteiger partial charge in [-0.1, -0.05) is 6.92 Å². The lowest BCUT2D eigenvalue weighted by Gasteiger charge is -2.12. The summed E-state index contributed by atoms with van der Waals surface area (Å²) in [4.78, 5) is 22.0. The first-order chi connectivity index (χ1) is 6.15. The van der Waals surface area contributed by atoms with Crippen molar-refractivity contribution in [3.63, 3.8) is 0 Å². The Labute approximate surface area is 78.6 Å². The molecule has 0 bridgehead atoms. The van der Waals surface area contributed by atoms with Gasteiger partial charge in [-0.25, -0.2) is 0 Å².